The van der Waals surface area contributed by atoms with Gasteiger partial charge in [-0.1, -0.05) is 20.3 Å². The van der Waals surface area contributed by atoms with Crippen LogP contribution in [0, 0.1) is 22.7 Å². The Kier molecular flexibility index (Phi) is 11.4. The highest BCUT2D eigenvalue weighted by Crippen LogP contribution is 2.47. The summed E-state index contributed by atoms with van der Waals surface area (Å²) in [7, 11) is 0. The molecule has 2 bridgehead atoms. The molecule has 54 heavy (non-hydrogen) atoms. The van der Waals surface area contributed by atoms with Gasteiger partial charge in [0.1, 0.15) is 17.1 Å². The van der Waals surface area contributed by atoms with Crippen LogP contribution in [0.3, 0.4) is 0 Å². The molecule has 1 saturated carbocycles. The van der Waals surface area contributed by atoms with Gasteiger partial charge in [0, 0.05) is 56.0 Å². The van der Waals surface area contributed by atoms with Crippen molar-refractivity contribution in [3.05, 3.63) is 11.8 Å². The van der Waals surface area contributed by atoms with Crippen molar-refractivity contribution in [3.63, 3.8) is 0 Å². The third-order valence-corrected chi connectivity index (χ3v) is 13.3. The van der Waals surface area contributed by atoms with Crippen molar-refractivity contribution in [2.45, 2.75) is 109 Å². The average Bonchev–Trinajstić information content (AvgIpc) is 3.80. The predicted octanol–water partition coefficient (Wildman–Crippen LogP) is 4.55. The standard InChI is InChI=1S/C37H52F3N7O6S/c1-4-6-24(5-2)33(49)47-17-36(18-47)16-46(31-29-30(41-21-42-31)43-22-54-29)15-27(36)32(48)44-28(23(3)51-19-35-11-7-25(8-12-35)52-20-35)34(50)45-13-9-26(10-14-45)53-37(38,39)40/h21-28H,4-20H2,1-3H3,(H,44,48)/t23-,24-,25?,27+,28+,35?/m1/s1. The third-order valence-electron chi connectivity index (χ3n) is 12.5. The lowest BCUT2D eigenvalue weighted by Crippen LogP contribution is -2.66. The van der Waals surface area contributed by atoms with E-state index in [4.69, 9.17) is 9.47 Å². The maximum Gasteiger partial charge on any atom is 0.522 e. The fourth-order valence-electron chi connectivity index (χ4n) is 9.31. The molecule has 298 valence electrons. The van der Waals surface area contributed by atoms with E-state index in [1.54, 1.807) is 12.4 Å². The largest absolute Gasteiger partial charge is 0.522 e. The number of anilines is 1. The molecule has 4 atom stereocenters. The fourth-order valence-corrected chi connectivity index (χ4v) is 10.1. The smallest absolute Gasteiger partial charge is 0.378 e. The van der Waals surface area contributed by atoms with Gasteiger partial charge in [-0.25, -0.2) is 15.0 Å². The van der Waals surface area contributed by atoms with Gasteiger partial charge in [-0.15, -0.1) is 24.5 Å². The molecular formula is C37H52F3N7O6S. The van der Waals surface area contributed by atoms with Crippen molar-refractivity contribution in [2.24, 2.45) is 22.7 Å². The number of nitrogens with one attached hydrogen (secondary N) is 1. The van der Waals surface area contributed by atoms with Gasteiger partial charge in [-0.3, -0.25) is 19.1 Å². The molecule has 17 heteroatoms. The molecular weight excluding hydrogens is 728 g/mol. The summed E-state index contributed by atoms with van der Waals surface area (Å²) in [5.41, 5.74) is 1.54. The molecule has 3 amide bonds. The number of carbonyl (C=O) groups is 3. The number of piperidine rings is 1. The maximum atomic E-state index is 14.7. The lowest BCUT2D eigenvalue weighted by molar-refractivity contribution is -0.345. The van der Waals surface area contributed by atoms with E-state index in [0.717, 1.165) is 49.6 Å². The highest BCUT2D eigenvalue weighted by molar-refractivity contribution is 7.17. The van der Waals surface area contributed by atoms with Crippen molar-refractivity contribution >= 4 is 45.2 Å². The summed E-state index contributed by atoms with van der Waals surface area (Å²) >= 11 is 1.42. The molecule has 1 aliphatic carbocycles. The Morgan fingerprint density at radius 2 is 1.78 bits per heavy atom. The number of nitrogens with zero attached hydrogens (tertiary/aromatic N) is 6. The van der Waals surface area contributed by atoms with E-state index in [9.17, 15) is 27.6 Å². The quantitative estimate of drug-likeness (QED) is 0.308. The second-order valence-corrected chi connectivity index (χ2v) is 17.0. The molecule has 0 unspecified atom stereocenters. The lowest BCUT2D eigenvalue weighted by Gasteiger charge is -2.51. The minimum absolute atomic E-state index is 0.0229. The fraction of sp³-hybridized carbons (Fsp3) is 0.784. The molecule has 5 aliphatic heterocycles. The van der Waals surface area contributed by atoms with E-state index in [-0.39, 0.29) is 55.2 Å². The van der Waals surface area contributed by atoms with Crippen LogP contribution in [0.5, 0.6) is 0 Å². The molecule has 5 saturated heterocycles. The Hall–Kier alpha value is -3.15. The van der Waals surface area contributed by atoms with Gasteiger partial charge in [-0.05, 0) is 58.3 Å². The van der Waals surface area contributed by atoms with Crippen LogP contribution >= 0.6 is 11.3 Å². The molecule has 6 aliphatic rings. The molecule has 13 nitrogen and oxygen atoms in total. The Balaban J connectivity index is 1.11. The zero-order chi connectivity index (χ0) is 38.3. The molecule has 6 fully saturated rings. The number of rotatable bonds is 13. The van der Waals surface area contributed by atoms with Crippen LogP contribution in [0.25, 0.3) is 10.3 Å². The zero-order valence-electron chi connectivity index (χ0n) is 31.3. The number of likely N-dealkylation sites (tertiary alicyclic amines) is 2. The molecule has 0 aromatic carbocycles. The number of aromatic nitrogens is 3. The van der Waals surface area contributed by atoms with Gasteiger partial charge in [0.2, 0.25) is 17.7 Å². The Morgan fingerprint density at radius 1 is 1.04 bits per heavy atom. The Morgan fingerprint density at radius 3 is 2.43 bits per heavy atom. The first-order valence-corrected chi connectivity index (χ1v) is 20.4. The topological polar surface area (TPSA) is 139 Å². The first-order valence-electron chi connectivity index (χ1n) is 19.5. The van der Waals surface area contributed by atoms with E-state index < -0.39 is 41.9 Å². The second-order valence-electron chi connectivity index (χ2n) is 16.2. The van der Waals surface area contributed by atoms with Crippen LogP contribution in [-0.2, 0) is 28.6 Å². The number of thiazole rings is 1. The summed E-state index contributed by atoms with van der Waals surface area (Å²) in [5.74, 6) is -0.628. The minimum atomic E-state index is -4.76. The third kappa shape index (κ3) is 8.05. The van der Waals surface area contributed by atoms with Gasteiger partial charge < -0.3 is 29.5 Å². The first kappa shape index (κ1) is 39.1. The maximum absolute atomic E-state index is 14.7. The van der Waals surface area contributed by atoms with Crippen molar-refractivity contribution < 1.29 is 41.8 Å². The summed E-state index contributed by atoms with van der Waals surface area (Å²) in [5, 5.41) is 3.09. The lowest BCUT2D eigenvalue weighted by atomic mass is 9.70. The average molecular weight is 780 g/mol. The number of hydrogen-bond acceptors (Lipinski definition) is 11. The highest BCUT2D eigenvalue weighted by Gasteiger charge is 2.59. The highest BCUT2D eigenvalue weighted by atomic mass is 32.1. The van der Waals surface area contributed by atoms with Gasteiger partial charge in [0.15, 0.2) is 11.5 Å². The number of halogens is 3. The summed E-state index contributed by atoms with van der Waals surface area (Å²) < 4.78 is 56.4. The summed E-state index contributed by atoms with van der Waals surface area (Å²) in [6.45, 7) is 8.53. The second kappa shape index (κ2) is 15.8. The number of carbonyl (C=O) groups excluding carboxylic acids is 3. The van der Waals surface area contributed by atoms with E-state index in [2.05, 4.69) is 36.8 Å². The van der Waals surface area contributed by atoms with Crippen molar-refractivity contribution in [1.82, 2.24) is 30.1 Å². The van der Waals surface area contributed by atoms with E-state index in [1.807, 2.05) is 11.8 Å². The number of alkyl halides is 3. The summed E-state index contributed by atoms with van der Waals surface area (Å²) in [4.78, 5) is 61.2. The predicted molar refractivity (Wildman–Crippen MR) is 193 cm³/mol. The molecule has 1 N–H and O–H groups in total. The van der Waals surface area contributed by atoms with E-state index in [1.165, 1.54) is 22.6 Å². The van der Waals surface area contributed by atoms with Crippen LogP contribution in [0.2, 0.25) is 0 Å². The number of hydrogen-bond donors (Lipinski definition) is 1. The van der Waals surface area contributed by atoms with Gasteiger partial charge in [-0.2, -0.15) is 0 Å². The van der Waals surface area contributed by atoms with Gasteiger partial charge in [0.05, 0.1) is 43.0 Å². The first-order chi connectivity index (χ1) is 25.8. The molecule has 7 heterocycles. The summed E-state index contributed by atoms with van der Waals surface area (Å²) in [6, 6.07) is -1.08. The molecule has 0 radical (unpaired) electrons. The Bertz CT molecular complexity index is 1640. The molecule has 8 rings (SSSR count). The minimum Gasteiger partial charge on any atom is -0.378 e. The van der Waals surface area contributed by atoms with Crippen LogP contribution in [0.15, 0.2) is 11.8 Å². The molecule has 2 aromatic heterocycles. The number of amides is 3. The van der Waals surface area contributed by atoms with Crippen LogP contribution in [-0.4, -0.2) is 126 Å². The SMILES string of the molecule is CCC[C@@H](CC)C(=O)N1CC2(C1)CN(c1ncnc3ncsc13)C[C@H]2C(=O)N[C@H](C(=O)N1CCC(OC(F)(F)F)CC1)[C@@H](C)OCC12CCC(CC1)OC2. The monoisotopic (exact) mass is 779 g/mol. The van der Waals surface area contributed by atoms with Gasteiger partial charge >= 0.3 is 6.36 Å². The van der Waals surface area contributed by atoms with Crippen LogP contribution in [0.4, 0.5) is 19.0 Å². The zero-order valence-corrected chi connectivity index (χ0v) is 32.1. The van der Waals surface area contributed by atoms with E-state index in [0.29, 0.717) is 50.9 Å². The molecule has 2 aromatic rings. The molecule has 1 spiro atoms. The van der Waals surface area contributed by atoms with Crippen molar-refractivity contribution in [1.29, 1.82) is 0 Å². The van der Waals surface area contributed by atoms with Crippen LogP contribution < -0.4 is 10.2 Å². The van der Waals surface area contributed by atoms with Crippen molar-refractivity contribution in [2.75, 3.05) is 57.4 Å². The number of fused-ring (bicyclic) bond motifs is 4. The van der Waals surface area contributed by atoms with Gasteiger partial charge in [0.25, 0.3) is 0 Å². The van der Waals surface area contributed by atoms with Crippen molar-refractivity contribution in [3.8, 4) is 0 Å². The Labute approximate surface area is 317 Å². The number of ether oxygens (including phenoxy) is 3. The normalized spacial score (nSPS) is 27.3. The van der Waals surface area contributed by atoms with Crippen LogP contribution in [0.1, 0.15) is 78.6 Å². The summed E-state index contributed by atoms with van der Waals surface area (Å²) in [6.07, 6.45) is 1.56. The van der Waals surface area contributed by atoms with E-state index >= 15 is 0 Å².